The Labute approximate surface area is 420 Å². The van der Waals surface area contributed by atoms with Crippen molar-refractivity contribution in [3.05, 3.63) is 85.1 Å². The lowest BCUT2D eigenvalue weighted by Gasteiger charge is -2.18. The molecule has 0 aromatic rings. The van der Waals surface area contributed by atoms with Gasteiger partial charge in [0, 0.05) is 19.3 Å². The fraction of sp³-hybridized carbons (Fsp3) is 0.726. The number of unbranched alkanes of at least 4 members (excludes halogenated alkanes) is 26. The summed E-state index contributed by atoms with van der Waals surface area (Å²) < 4.78 is 16.8. The summed E-state index contributed by atoms with van der Waals surface area (Å²) >= 11 is 0. The van der Waals surface area contributed by atoms with E-state index in [9.17, 15) is 14.4 Å². The van der Waals surface area contributed by atoms with Crippen molar-refractivity contribution >= 4 is 17.9 Å². The second kappa shape index (κ2) is 56.2. The van der Waals surface area contributed by atoms with Gasteiger partial charge in [0.2, 0.25) is 0 Å². The summed E-state index contributed by atoms with van der Waals surface area (Å²) in [6.45, 7) is 6.48. The summed E-state index contributed by atoms with van der Waals surface area (Å²) in [7, 11) is 0. The third-order valence-corrected chi connectivity index (χ3v) is 12.1. The average molecular weight is 948 g/mol. The van der Waals surface area contributed by atoms with E-state index in [4.69, 9.17) is 14.2 Å². The van der Waals surface area contributed by atoms with Crippen molar-refractivity contribution < 1.29 is 28.6 Å². The number of carbonyl (C=O) groups excluding carboxylic acids is 3. The van der Waals surface area contributed by atoms with Crippen LogP contribution in [0.15, 0.2) is 85.1 Å². The zero-order chi connectivity index (χ0) is 49.3. The first-order valence-corrected chi connectivity index (χ1v) is 28.6. The molecule has 0 amide bonds. The number of carbonyl (C=O) groups is 3. The van der Waals surface area contributed by atoms with E-state index in [2.05, 4.69) is 106 Å². The minimum absolute atomic E-state index is 0.0886. The number of allylic oxidation sites excluding steroid dienone is 14. The molecule has 1 unspecified atom stereocenters. The average Bonchev–Trinajstić information content (AvgIpc) is 3.34. The van der Waals surface area contributed by atoms with E-state index in [0.29, 0.717) is 19.3 Å². The molecule has 0 aliphatic carbocycles. The van der Waals surface area contributed by atoms with Crippen LogP contribution in [0.4, 0.5) is 0 Å². The van der Waals surface area contributed by atoms with Gasteiger partial charge in [0.25, 0.3) is 0 Å². The van der Waals surface area contributed by atoms with E-state index < -0.39 is 6.10 Å². The summed E-state index contributed by atoms with van der Waals surface area (Å²) in [6, 6.07) is 0. The maximum atomic E-state index is 12.9. The molecule has 0 bridgehead atoms. The molecule has 6 heteroatoms. The van der Waals surface area contributed by atoms with E-state index in [1.807, 2.05) is 0 Å². The summed E-state index contributed by atoms with van der Waals surface area (Å²) in [6.07, 6.45) is 72.8. The fourth-order valence-electron chi connectivity index (χ4n) is 7.81. The fourth-order valence-corrected chi connectivity index (χ4v) is 7.81. The largest absolute Gasteiger partial charge is 0.462 e. The third-order valence-electron chi connectivity index (χ3n) is 12.1. The molecule has 68 heavy (non-hydrogen) atoms. The first kappa shape index (κ1) is 64.6. The van der Waals surface area contributed by atoms with Crippen molar-refractivity contribution in [3.63, 3.8) is 0 Å². The Bertz CT molecular complexity index is 1320. The number of hydrogen-bond acceptors (Lipinski definition) is 6. The molecule has 0 aliphatic rings. The topological polar surface area (TPSA) is 78.9 Å². The molecular formula is C62H106O6. The lowest BCUT2D eigenvalue weighted by molar-refractivity contribution is -0.167. The predicted molar refractivity (Wildman–Crippen MR) is 293 cm³/mol. The molecule has 0 radical (unpaired) electrons. The third kappa shape index (κ3) is 53.5. The lowest BCUT2D eigenvalue weighted by Crippen LogP contribution is -2.30. The van der Waals surface area contributed by atoms with Gasteiger partial charge >= 0.3 is 17.9 Å². The van der Waals surface area contributed by atoms with Crippen molar-refractivity contribution in [2.24, 2.45) is 0 Å². The highest BCUT2D eigenvalue weighted by Crippen LogP contribution is 2.14. The molecule has 0 saturated heterocycles. The van der Waals surface area contributed by atoms with Crippen LogP contribution in [0.5, 0.6) is 0 Å². The minimum Gasteiger partial charge on any atom is -0.462 e. The quantitative estimate of drug-likeness (QED) is 0.0262. The molecule has 6 nitrogen and oxygen atoms in total. The van der Waals surface area contributed by atoms with Gasteiger partial charge in [0.15, 0.2) is 6.10 Å². The van der Waals surface area contributed by atoms with Crippen molar-refractivity contribution in [2.45, 2.75) is 277 Å². The summed E-state index contributed by atoms with van der Waals surface area (Å²) in [5, 5.41) is 0. The van der Waals surface area contributed by atoms with Gasteiger partial charge in [-0.2, -0.15) is 0 Å². The Morgan fingerprint density at radius 2 is 0.574 bits per heavy atom. The Morgan fingerprint density at radius 1 is 0.309 bits per heavy atom. The van der Waals surface area contributed by atoms with Crippen LogP contribution in [0.1, 0.15) is 271 Å². The zero-order valence-electron chi connectivity index (χ0n) is 44.6. The smallest absolute Gasteiger partial charge is 0.306 e. The molecule has 0 aliphatic heterocycles. The Morgan fingerprint density at radius 3 is 0.941 bits per heavy atom. The molecule has 0 heterocycles. The van der Waals surface area contributed by atoms with Crippen molar-refractivity contribution in [1.29, 1.82) is 0 Å². The second-order valence-electron chi connectivity index (χ2n) is 18.8. The summed E-state index contributed by atoms with van der Waals surface area (Å²) in [4.78, 5) is 38.2. The monoisotopic (exact) mass is 947 g/mol. The van der Waals surface area contributed by atoms with Crippen LogP contribution >= 0.6 is 0 Å². The van der Waals surface area contributed by atoms with E-state index in [-0.39, 0.29) is 31.1 Å². The predicted octanol–water partition coefficient (Wildman–Crippen LogP) is 19.2. The van der Waals surface area contributed by atoms with E-state index in [1.54, 1.807) is 0 Å². The second-order valence-corrected chi connectivity index (χ2v) is 18.8. The van der Waals surface area contributed by atoms with Gasteiger partial charge in [-0.05, 0) is 116 Å². The number of hydrogen-bond donors (Lipinski definition) is 0. The van der Waals surface area contributed by atoms with Gasteiger partial charge in [0.05, 0.1) is 0 Å². The first-order valence-electron chi connectivity index (χ1n) is 28.6. The molecule has 0 N–H and O–H groups in total. The Kier molecular flexibility index (Phi) is 53.4. The van der Waals surface area contributed by atoms with Crippen LogP contribution in [0.2, 0.25) is 0 Å². The Hall–Kier alpha value is -3.41. The van der Waals surface area contributed by atoms with Gasteiger partial charge < -0.3 is 14.2 Å². The van der Waals surface area contributed by atoms with Gasteiger partial charge in [-0.25, -0.2) is 0 Å². The molecule has 390 valence electrons. The molecule has 0 aromatic heterocycles. The van der Waals surface area contributed by atoms with Crippen molar-refractivity contribution in [1.82, 2.24) is 0 Å². The van der Waals surface area contributed by atoms with Crippen LogP contribution in [0.25, 0.3) is 0 Å². The molecule has 0 rings (SSSR count). The molecule has 0 saturated carbocycles. The molecular weight excluding hydrogens is 841 g/mol. The Balaban J connectivity index is 4.43. The van der Waals surface area contributed by atoms with Gasteiger partial charge in [-0.15, -0.1) is 0 Å². The van der Waals surface area contributed by atoms with Crippen LogP contribution in [0, 0.1) is 0 Å². The van der Waals surface area contributed by atoms with Crippen LogP contribution in [-0.2, 0) is 28.6 Å². The van der Waals surface area contributed by atoms with E-state index in [0.717, 1.165) is 109 Å². The molecule has 0 spiro atoms. The van der Waals surface area contributed by atoms with Crippen LogP contribution < -0.4 is 0 Å². The van der Waals surface area contributed by atoms with E-state index >= 15 is 0 Å². The number of ether oxygens (including phenoxy) is 3. The van der Waals surface area contributed by atoms with Gasteiger partial charge in [-0.1, -0.05) is 221 Å². The SMILES string of the molecule is CC/C=C\C/C=C\C/C=C\C/C=C\CCCCCCCCC(=O)OCC(COC(=O)CCCCCCC/C=C\CCCCCCC)OC(=O)CCCCCCCCC/C=C\C/C=C\CCCCC. The zero-order valence-corrected chi connectivity index (χ0v) is 44.6. The van der Waals surface area contributed by atoms with Crippen LogP contribution in [0.3, 0.4) is 0 Å². The number of esters is 3. The molecule has 0 fully saturated rings. The highest BCUT2D eigenvalue weighted by atomic mass is 16.6. The maximum absolute atomic E-state index is 12.9. The lowest BCUT2D eigenvalue weighted by atomic mass is 10.1. The highest BCUT2D eigenvalue weighted by Gasteiger charge is 2.19. The molecule has 0 aromatic carbocycles. The summed E-state index contributed by atoms with van der Waals surface area (Å²) in [5.41, 5.74) is 0. The minimum atomic E-state index is -0.791. The van der Waals surface area contributed by atoms with Gasteiger partial charge in [0.1, 0.15) is 13.2 Å². The van der Waals surface area contributed by atoms with Crippen molar-refractivity contribution in [2.75, 3.05) is 13.2 Å². The van der Waals surface area contributed by atoms with Crippen molar-refractivity contribution in [3.8, 4) is 0 Å². The van der Waals surface area contributed by atoms with Gasteiger partial charge in [-0.3, -0.25) is 14.4 Å². The molecule has 1 atom stereocenters. The van der Waals surface area contributed by atoms with Crippen LogP contribution in [-0.4, -0.2) is 37.2 Å². The number of rotatable bonds is 51. The summed E-state index contributed by atoms with van der Waals surface area (Å²) in [5.74, 6) is -0.913. The maximum Gasteiger partial charge on any atom is 0.306 e. The highest BCUT2D eigenvalue weighted by molar-refractivity contribution is 5.71. The first-order chi connectivity index (χ1) is 33.5. The normalized spacial score (nSPS) is 12.7. The van der Waals surface area contributed by atoms with E-state index in [1.165, 1.54) is 122 Å². The standard InChI is InChI=1S/C62H106O6/c1-4-7-10-13-16-19-22-25-28-30-31-33-34-37-40-43-46-49-52-55-61(64)67-58-59(57-66-60(63)54-51-48-45-42-39-36-27-24-21-18-15-12-9-6-3)68-62(65)56-53-50-47-44-41-38-35-32-29-26-23-20-17-14-11-8-5-2/h7,10,16-17,19-20,24-29,31,33,59H,4-6,8-9,11-15,18,21-23,30,32,34-58H2,1-3H3/b10-7-,19-16-,20-17-,27-24-,28-25-,29-26-,33-31-.